The summed E-state index contributed by atoms with van der Waals surface area (Å²) in [6.07, 6.45) is 1.59. The molecule has 3 rings (SSSR count). The Hall–Kier alpha value is -2.67. The molecule has 0 aliphatic heterocycles. The first-order valence-electron chi connectivity index (χ1n) is 8.08. The third kappa shape index (κ3) is 3.48. The summed E-state index contributed by atoms with van der Waals surface area (Å²) in [5, 5.41) is 4.85. The predicted molar refractivity (Wildman–Crippen MR) is 106 cm³/mol. The van der Waals surface area contributed by atoms with Crippen LogP contribution in [0, 0.1) is 6.92 Å². The van der Waals surface area contributed by atoms with E-state index in [0.717, 1.165) is 10.0 Å². The summed E-state index contributed by atoms with van der Waals surface area (Å²) in [5.74, 6) is 1.74. The van der Waals surface area contributed by atoms with Gasteiger partial charge in [0.25, 0.3) is 5.56 Å². The van der Waals surface area contributed by atoms with Crippen LogP contribution in [0.2, 0.25) is 0 Å². The number of ether oxygens (including phenoxy) is 2. The number of aromatic nitrogens is 2. The molecule has 0 fully saturated rings. The van der Waals surface area contributed by atoms with Crippen LogP contribution in [0.15, 0.2) is 50.8 Å². The second-order valence-electron chi connectivity index (χ2n) is 5.50. The van der Waals surface area contributed by atoms with Gasteiger partial charge in [-0.05, 0) is 59.6 Å². The van der Waals surface area contributed by atoms with Gasteiger partial charge in [-0.1, -0.05) is 12.1 Å². The quantitative estimate of drug-likeness (QED) is 0.595. The smallest absolute Gasteiger partial charge is 0.282 e. The molecule has 2 aromatic carbocycles. The summed E-state index contributed by atoms with van der Waals surface area (Å²) in [5.41, 5.74) is 1.22. The van der Waals surface area contributed by atoms with Gasteiger partial charge in [0.05, 0.1) is 35.3 Å². The molecule has 0 bridgehead atoms. The van der Waals surface area contributed by atoms with E-state index in [2.05, 4.69) is 26.0 Å². The van der Waals surface area contributed by atoms with Crippen LogP contribution in [0.5, 0.6) is 11.5 Å². The summed E-state index contributed by atoms with van der Waals surface area (Å²) < 4.78 is 13.0. The zero-order valence-electron chi connectivity index (χ0n) is 14.7. The lowest BCUT2D eigenvalue weighted by molar-refractivity contribution is 0.310. The topological polar surface area (TPSA) is 65.7 Å². The zero-order valence-corrected chi connectivity index (χ0v) is 16.3. The third-order valence-corrected chi connectivity index (χ3v) is 4.36. The molecule has 26 heavy (non-hydrogen) atoms. The number of para-hydroxylation sites is 1. The second-order valence-corrected chi connectivity index (χ2v) is 6.36. The average molecular weight is 416 g/mol. The van der Waals surface area contributed by atoms with E-state index < -0.39 is 0 Å². The van der Waals surface area contributed by atoms with Crippen LogP contribution in [0.25, 0.3) is 10.9 Å². The normalized spacial score (nSPS) is 11.2. The SMILES string of the molecule is CCOc1cc(C=Nn2c(C)nc3ccccc3c2=O)cc(Br)c1OC. The minimum atomic E-state index is -0.207. The summed E-state index contributed by atoms with van der Waals surface area (Å²) in [6.45, 7) is 4.16. The van der Waals surface area contributed by atoms with Gasteiger partial charge in [-0.2, -0.15) is 9.78 Å². The summed E-state index contributed by atoms with van der Waals surface area (Å²) >= 11 is 3.47. The highest BCUT2D eigenvalue weighted by Gasteiger charge is 2.11. The number of hydrogen-bond acceptors (Lipinski definition) is 5. The van der Waals surface area contributed by atoms with Crippen LogP contribution >= 0.6 is 15.9 Å². The Morgan fingerprint density at radius 2 is 2.08 bits per heavy atom. The lowest BCUT2D eigenvalue weighted by Gasteiger charge is -2.12. The Bertz CT molecular complexity index is 1040. The molecule has 0 spiro atoms. The number of nitrogens with zero attached hydrogens (tertiary/aromatic N) is 3. The minimum Gasteiger partial charge on any atom is -0.492 e. The fourth-order valence-electron chi connectivity index (χ4n) is 2.62. The fraction of sp³-hybridized carbons (Fsp3) is 0.211. The summed E-state index contributed by atoms with van der Waals surface area (Å²) in [7, 11) is 1.58. The van der Waals surface area contributed by atoms with Gasteiger partial charge in [-0.15, -0.1) is 0 Å². The van der Waals surface area contributed by atoms with Gasteiger partial charge in [0.15, 0.2) is 11.5 Å². The molecule has 0 atom stereocenters. The Balaban J connectivity index is 2.05. The van der Waals surface area contributed by atoms with Crippen molar-refractivity contribution in [1.82, 2.24) is 9.66 Å². The maximum Gasteiger partial charge on any atom is 0.282 e. The number of fused-ring (bicyclic) bond motifs is 1. The largest absolute Gasteiger partial charge is 0.492 e. The maximum absolute atomic E-state index is 12.7. The molecule has 3 aromatic rings. The maximum atomic E-state index is 12.7. The number of hydrogen-bond donors (Lipinski definition) is 0. The molecule has 0 aliphatic rings. The molecule has 1 aromatic heterocycles. The third-order valence-electron chi connectivity index (χ3n) is 3.77. The van der Waals surface area contributed by atoms with Crippen molar-refractivity contribution in [3.05, 3.63) is 62.6 Å². The first-order chi connectivity index (χ1) is 12.5. The van der Waals surface area contributed by atoms with Crippen molar-refractivity contribution < 1.29 is 9.47 Å². The van der Waals surface area contributed by atoms with E-state index in [1.54, 1.807) is 26.3 Å². The summed E-state index contributed by atoms with van der Waals surface area (Å²) in [6, 6.07) is 10.9. The number of rotatable bonds is 5. The van der Waals surface area contributed by atoms with E-state index in [-0.39, 0.29) is 5.56 Å². The van der Waals surface area contributed by atoms with Gasteiger partial charge in [0, 0.05) is 0 Å². The zero-order chi connectivity index (χ0) is 18.7. The highest BCUT2D eigenvalue weighted by atomic mass is 79.9. The van der Waals surface area contributed by atoms with Crippen LogP contribution in [0.4, 0.5) is 0 Å². The lowest BCUT2D eigenvalue weighted by Crippen LogP contribution is -2.20. The molecule has 0 amide bonds. The Morgan fingerprint density at radius 1 is 1.31 bits per heavy atom. The van der Waals surface area contributed by atoms with Gasteiger partial charge < -0.3 is 9.47 Å². The average Bonchev–Trinajstić information content (AvgIpc) is 2.62. The van der Waals surface area contributed by atoms with Gasteiger partial charge in [0.1, 0.15) is 5.82 Å². The van der Waals surface area contributed by atoms with Crippen molar-refractivity contribution in [1.29, 1.82) is 0 Å². The van der Waals surface area contributed by atoms with E-state index in [9.17, 15) is 4.79 Å². The highest BCUT2D eigenvalue weighted by Crippen LogP contribution is 2.36. The van der Waals surface area contributed by atoms with Crippen LogP contribution in [0.1, 0.15) is 18.3 Å². The van der Waals surface area contributed by atoms with Crippen molar-refractivity contribution >= 4 is 33.0 Å². The Kier molecular flexibility index (Phi) is 5.37. The van der Waals surface area contributed by atoms with Gasteiger partial charge in [-0.25, -0.2) is 4.98 Å². The van der Waals surface area contributed by atoms with Crippen LogP contribution in [-0.2, 0) is 0 Å². The lowest BCUT2D eigenvalue weighted by atomic mass is 10.2. The molecule has 0 N–H and O–H groups in total. The van der Waals surface area contributed by atoms with Gasteiger partial charge >= 0.3 is 0 Å². The molecule has 0 aliphatic carbocycles. The van der Waals surface area contributed by atoms with Crippen molar-refractivity contribution in [2.24, 2.45) is 5.10 Å². The fourth-order valence-corrected chi connectivity index (χ4v) is 3.24. The monoisotopic (exact) mass is 415 g/mol. The van der Waals surface area contributed by atoms with E-state index in [0.29, 0.717) is 34.8 Å². The molecule has 1 heterocycles. The van der Waals surface area contributed by atoms with Crippen LogP contribution in [0.3, 0.4) is 0 Å². The van der Waals surface area contributed by atoms with Crippen molar-refractivity contribution in [2.75, 3.05) is 13.7 Å². The molecule has 134 valence electrons. The first-order valence-corrected chi connectivity index (χ1v) is 8.87. The van der Waals surface area contributed by atoms with E-state index >= 15 is 0 Å². The molecular weight excluding hydrogens is 398 g/mol. The van der Waals surface area contributed by atoms with Crippen molar-refractivity contribution in [3.8, 4) is 11.5 Å². The molecule has 6 nitrogen and oxygen atoms in total. The molecule has 0 saturated heterocycles. The Morgan fingerprint density at radius 3 is 2.81 bits per heavy atom. The van der Waals surface area contributed by atoms with E-state index in [1.807, 2.05) is 37.3 Å². The highest BCUT2D eigenvalue weighted by molar-refractivity contribution is 9.10. The van der Waals surface area contributed by atoms with E-state index in [4.69, 9.17) is 9.47 Å². The Labute approximate surface area is 159 Å². The molecule has 0 saturated carbocycles. The molecule has 7 heteroatoms. The van der Waals surface area contributed by atoms with Gasteiger partial charge in [-0.3, -0.25) is 4.79 Å². The van der Waals surface area contributed by atoms with E-state index in [1.165, 1.54) is 4.68 Å². The molecular formula is C19H18BrN3O3. The standard InChI is InChI=1S/C19H18BrN3O3/c1-4-26-17-10-13(9-15(20)18(17)25-3)11-21-23-12(2)22-16-8-6-5-7-14(16)19(23)24/h5-11H,4H2,1-3H3. The minimum absolute atomic E-state index is 0.207. The second kappa shape index (κ2) is 7.70. The molecule has 0 unspecified atom stereocenters. The first kappa shape index (κ1) is 18.1. The van der Waals surface area contributed by atoms with Gasteiger partial charge in [0.2, 0.25) is 0 Å². The number of halogens is 1. The van der Waals surface area contributed by atoms with Crippen LogP contribution in [-0.4, -0.2) is 29.6 Å². The predicted octanol–water partition coefficient (Wildman–Crippen LogP) is 3.76. The number of methoxy groups -OCH3 is 1. The van der Waals surface area contributed by atoms with Crippen LogP contribution < -0.4 is 15.0 Å². The van der Waals surface area contributed by atoms with Crippen molar-refractivity contribution in [3.63, 3.8) is 0 Å². The summed E-state index contributed by atoms with van der Waals surface area (Å²) in [4.78, 5) is 17.1. The number of benzene rings is 2. The van der Waals surface area contributed by atoms with Crippen molar-refractivity contribution in [2.45, 2.75) is 13.8 Å². The molecule has 0 radical (unpaired) electrons. The number of aryl methyl sites for hydroxylation is 1.